The van der Waals surface area contributed by atoms with Crippen molar-refractivity contribution in [2.24, 2.45) is 0 Å². The van der Waals surface area contributed by atoms with Gasteiger partial charge in [-0.3, -0.25) is 4.90 Å². The molecule has 0 unspecified atom stereocenters. The fourth-order valence-corrected chi connectivity index (χ4v) is 2.48. The van der Waals surface area contributed by atoms with Gasteiger partial charge in [0.15, 0.2) is 0 Å². The number of esters is 1. The Kier molecular flexibility index (Phi) is 4.50. The molecule has 0 bridgehead atoms. The molecule has 1 N–H and O–H groups in total. The number of hydrogen-bond donors (Lipinski definition) is 1. The molecule has 6 nitrogen and oxygen atoms in total. The predicted molar refractivity (Wildman–Crippen MR) is 82.1 cm³/mol. The minimum atomic E-state index is -0.661. The highest BCUT2D eigenvalue weighted by molar-refractivity contribution is 5.92. The van der Waals surface area contributed by atoms with Crippen molar-refractivity contribution < 1.29 is 13.9 Å². The number of nitrogens with one attached hydrogen (secondary N) is 1. The van der Waals surface area contributed by atoms with Gasteiger partial charge < -0.3 is 14.5 Å². The minimum Gasteiger partial charge on any atom is -0.461 e. The Hall–Kier alpha value is -2.18. The van der Waals surface area contributed by atoms with Crippen molar-refractivity contribution in [3.63, 3.8) is 0 Å². The van der Waals surface area contributed by atoms with Gasteiger partial charge in [-0.05, 0) is 12.1 Å². The number of ether oxygens (including phenoxy) is 1. The molecule has 22 heavy (non-hydrogen) atoms. The maximum atomic E-state index is 12.0. The number of nitrogens with zero attached hydrogens (tertiary/aromatic N) is 1. The van der Waals surface area contributed by atoms with Crippen LogP contribution in [0.15, 0.2) is 39.5 Å². The van der Waals surface area contributed by atoms with E-state index in [9.17, 15) is 9.59 Å². The first-order chi connectivity index (χ1) is 10.7. The summed E-state index contributed by atoms with van der Waals surface area (Å²) >= 11 is 0. The Morgan fingerprint density at radius 1 is 1.27 bits per heavy atom. The van der Waals surface area contributed by atoms with E-state index in [0.29, 0.717) is 17.5 Å². The molecule has 0 spiro atoms. The van der Waals surface area contributed by atoms with Crippen molar-refractivity contribution in [1.82, 2.24) is 10.2 Å². The zero-order valence-corrected chi connectivity index (χ0v) is 12.2. The van der Waals surface area contributed by atoms with Crippen molar-refractivity contribution in [1.29, 1.82) is 0 Å². The normalized spacial score (nSPS) is 15.8. The molecule has 1 aliphatic rings. The van der Waals surface area contributed by atoms with E-state index in [-0.39, 0.29) is 12.2 Å². The third-order valence-corrected chi connectivity index (χ3v) is 3.71. The molecule has 0 amide bonds. The Morgan fingerprint density at radius 3 is 2.86 bits per heavy atom. The molecule has 2 heterocycles. The average molecular weight is 302 g/mol. The van der Waals surface area contributed by atoms with Crippen LogP contribution in [0.3, 0.4) is 0 Å². The summed E-state index contributed by atoms with van der Waals surface area (Å²) in [5.74, 6) is -0.630. The lowest BCUT2D eigenvalue weighted by Gasteiger charge is -2.26. The van der Waals surface area contributed by atoms with Gasteiger partial charge in [-0.15, -0.1) is 0 Å². The second kappa shape index (κ2) is 6.72. The van der Waals surface area contributed by atoms with E-state index in [2.05, 4.69) is 10.2 Å². The number of piperazine rings is 1. The zero-order valence-electron chi connectivity index (χ0n) is 12.2. The van der Waals surface area contributed by atoms with Gasteiger partial charge in [0.05, 0.1) is 0 Å². The summed E-state index contributed by atoms with van der Waals surface area (Å²) in [5, 5.41) is 3.97. The fraction of sp³-hybridized carbons (Fsp3) is 0.375. The van der Waals surface area contributed by atoms with Crippen LogP contribution in [-0.2, 0) is 4.74 Å². The molecule has 116 valence electrons. The van der Waals surface area contributed by atoms with Crippen LogP contribution in [0.4, 0.5) is 0 Å². The number of fused-ring (bicyclic) bond motifs is 1. The van der Waals surface area contributed by atoms with E-state index in [0.717, 1.165) is 26.2 Å². The average Bonchev–Trinajstić information content (AvgIpc) is 2.55. The highest BCUT2D eigenvalue weighted by Crippen LogP contribution is 2.13. The molecule has 0 saturated carbocycles. The molecule has 3 rings (SSSR count). The number of hydrogen-bond acceptors (Lipinski definition) is 6. The van der Waals surface area contributed by atoms with Crippen LogP contribution in [0.1, 0.15) is 10.4 Å². The van der Waals surface area contributed by atoms with Crippen molar-refractivity contribution >= 4 is 16.9 Å². The third kappa shape index (κ3) is 3.35. The molecule has 1 fully saturated rings. The standard InChI is InChI=1S/C16H18N2O4/c19-15(21-10-9-18-7-5-17-6-8-18)13-11-12-3-1-2-4-14(12)22-16(13)20/h1-4,11,17H,5-10H2. The number of benzene rings is 1. The Morgan fingerprint density at radius 2 is 2.05 bits per heavy atom. The van der Waals surface area contributed by atoms with Crippen LogP contribution in [0.25, 0.3) is 11.0 Å². The first kappa shape index (κ1) is 14.7. The first-order valence-electron chi connectivity index (χ1n) is 7.37. The van der Waals surface area contributed by atoms with Crippen LogP contribution >= 0.6 is 0 Å². The predicted octanol–water partition coefficient (Wildman–Crippen LogP) is 0.855. The van der Waals surface area contributed by atoms with Crippen LogP contribution in [-0.4, -0.2) is 50.2 Å². The lowest BCUT2D eigenvalue weighted by Crippen LogP contribution is -2.44. The largest absolute Gasteiger partial charge is 0.461 e. The fourth-order valence-electron chi connectivity index (χ4n) is 2.48. The molecule has 0 atom stereocenters. The van der Waals surface area contributed by atoms with Crippen LogP contribution in [0, 0.1) is 0 Å². The number of carbonyl (C=O) groups excluding carboxylic acids is 1. The molecule has 6 heteroatoms. The van der Waals surface area contributed by atoms with Crippen LogP contribution in [0.5, 0.6) is 0 Å². The van der Waals surface area contributed by atoms with E-state index in [1.54, 1.807) is 18.2 Å². The summed E-state index contributed by atoms with van der Waals surface area (Å²) in [6.45, 7) is 4.72. The first-order valence-corrected chi connectivity index (χ1v) is 7.37. The maximum absolute atomic E-state index is 12.0. The quantitative estimate of drug-likeness (QED) is 0.667. The number of rotatable bonds is 4. The third-order valence-electron chi connectivity index (χ3n) is 3.71. The topological polar surface area (TPSA) is 71.8 Å². The van der Waals surface area contributed by atoms with E-state index >= 15 is 0 Å². The molecule has 1 aliphatic heterocycles. The lowest BCUT2D eigenvalue weighted by atomic mass is 10.2. The van der Waals surface area contributed by atoms with Crippen molar-refractivity contribution in [3.8, 4) is 0 Å². The smallest absolute Gasteiger partial charge is 0.351 e. The summed E-state index contributed by atoms with van der Waals surface area (Å²) in [4.78, 5) is 26.1. The summed E-state index contributed by atoms with van der Waals surface area (Å²) in [5.41, 5.74) is -0.255. The Balaban J connectivity index is 1.64. The molecule has 1 aromatic heterocycles. The van der Waals surface area contributed by atoms with E-state index in [4.69, 9.17) is 9.15 Å². The van der Waals surface area contributed by atoms with Gasteiger partial charge in [0.25, 0.3) is 0 Å². The van der Waals surface area contributed by atoms with Gasteiger partial charge in [-0.2, -0.15) is 0 Å². The van der Waals surface area contributed by atoms with Gasteiger partial charge in [0.2, 0.25) is 0 Å². The van der Waals surface area contributed by atoms with E-state index < -0.39 is 11.6 Å². The summed E-state index contributed by atoms with van der Waals surface area (Å²) in [6, 6.07) is 8.60. The maximum Gasteiger partial charge on any atom is 0.351 e. The van der Waals surface area contributed by atoms with Gasteiger partial charge in [-0.25, -0.2) is 9.59 Å². The number of carbonyl (C=O) groups is 1. The summed E-state index contributed by atoms with van der Waals surface area (Å²) in [6.07, 6.45) is 0. The zero-order chi connectivity index (χ0) is 15.4. The van der Waals surface area contributed by atoms with Crippen LogP contribution < -0.4 is 10.9 Å². The second-order valence-electron chi connectivity index (χ2n) is 5.21. The Labute approximate surface area is 127 Å². The summed E-state index contributed by atoms with van der Waals surface area (Å²) in [7, 11) is 0. The molecular weight excluding hydrogens is 284 g/mol. The molecule has 2 aromatic rings. The molecule has 1 aromatic carbocycles. The van der Waals surface area contributed by atoms with Crippen molar-refractivity contribution in [2.75, 3.05) is 39.3 Å². The molecule has 0 radical (unpaired) electrons. The second-order valence-corrected chi connectivity index (χ2v) is 5.21. The van der Waals surface area contributed by atoms with Crippen molar-refractivity contribution in [3.05, 3.63) is 46.3 Å². The summed E-state index contributed by atoms with van der Waals surface area (Å²) < 4.78 is 10.3. The van der Waals surface area contributed by atoms with E-state index in [1.807, 2.05) is 6.07 Å². The Bertz CT molecular complexity index is 719. The minimum absolute atomic E-state index is 0.0565. The van der Waals surface area contributed by atoms with Gasteiger partial charge >= 0.3 is 11.6 Å². The van der Waals surface area contributed by atoms with Gasteiger partial charge in [0, 0.05) is 38.1 Å². The SMILES string of the molecule is O=C(OCCN1CCNCC1)c1cc2ccccc2oc1=O. The van der Waals surface area contributed by atoms with E-state index in [1.165, 1.54) is 6.07 Å². The lowest BCUT2D eigenvalue weighted by molar-refractivity contribution is 0.0451. The molecule has 1 saturated heterocycles. The highest BCUT2D eigenvalue weighted by atomic mass is 16.5. The molecule has 0 aliphatic carbocycles. The highest BCUT2D eigenvalue weighted by Gasteiger charge is 2.16. The van der Waals surface area contributed by atoms with Crippen molar-refractivity contribution in [2.45, 2.75) is 0 Å². The van der Waals surface area contributed by atoms with Gasteiger partial charge in [-0.1, -0.05) is 18.2 Å². The van der Waals surface area contributed by atoms with Crippen LogP contribution in [0.2, 0.25) is 0 Å². The van der Waals surface area contributed by atoms with Gasteiger partial charge in [0.1, 0.15) is 17.8 Å². The molecular formula is C16H18N2O4. The monoisotopic (exact) mass is 302 g/mol. The number of para-hydroxylation sites is 1.